The predicted octanol–water partition coefficient (Wildman–Crippen LogP) is 5.36. The summed E-state index contributed by atoms with van der Waals surface area (Å²) in [6, 6.07) is 3.00. The highest BCUT2D eigenvalue weighted by Crippen LogP contribution is 2.34. The van der Waals surface area contributed by atoms with Crippen LogP contribution in [-0.2, 0) is 39.9 Å². The lowest BCUT2D eigenvalue weighted by Gasteiger charge is -2.35. The Morgan fingerprint density at radius 3 is 2.58 bits per heavy atom. The van der Waals surface area contributed by atoms with Crippen molar-refractivity contribution in [3.63, 3.8) is 0 Å². The molecule has 3 aliphatic rings. The van der Waals surface area contributed by atoms with E-state index in [1.54, 1.807) is 18.5 Å². The van der Waals surface area contributed by atoms with E-state index in [2.05, 4.69) is 11.6 Å². The Bertz CT molecular complexity index is 1260. The van der Waals surface area contributed by atoms with E-state index >= 15 is 0 Å². The molecular weight excluding hydrogens is 572 g/mol. The number of fused-ring (bicyclic) bond motifs is 3. The van der Waals surface area contributed by atoms with E-state index in [0.29, 0.717) is 70.8 Å². The van der Waals surface area contributed by atoms with Gasteiger partial charge in [0.15, 0.2) is 0 Å². The smallest absolute Gasteiger partial charge is 0.329 e. The third-order valence-electron chi connectivity index (χ3n) is 9.63. The average molecular weight is 621 g/mol. The van der Waals surface area contributed by atoms with E-state index in [4.69, 9.17) is 9.47 Å². The number of esters is 2. The predicted molar refractivity (Wildman–Crippen MR) is 169 cm³/mol. The van der Waals surface area contributed by atoms with Crippen molar-refractivity contribution in [2.24, 2.45) is 23.7 Å². The lowest BCUT2D eigenvalue weighted by Crippen LogP contribution is -2.52. The summed E-state index contributed by atoms with van der Waals surface area (Å²) in [7, 11) is 0. The van der Waals surface area contributed by atoms with E-state index in [0.717, 1.165) is 17.6 Å². The van der Waals surface area contributed by atoms with Crippen LogP contribution in [0.2, 0.25) is 0 Å². The summed E-state index contributed by atoms with van der Waals surface area (Å²) in [5.74, 6) is -3.45. The number of carbonyl (C=O) groups is 5. The van der Waals surface area contributed by atoms with Crippen molar-refractivity contribution in [2.45, 2.75) is 103 Å². The standard InChI is InChI=1S/C36H48N2O7/c1-4-8-27-21-24(2)17-20-44-35(42)29-14-13-28(22-29)33(40)34(41)38-19-6-5-10-30(38)36(43)45-32(25(3)11-15-31(27)39)16-12-26-9-7-18-37-23-26/h4,7,9,18,21,23,25,27-30,32H,1,5-6,8,10-17,19-20,22H2,2-3H3/b24-21+/t25?,27?,28-,29?,30+,32?/m1/s1. The van der Waals surface area contributed by atoms with E-state index in [-0.39, 0.29) is 36.6 Å². The van der Waals surface area contributed by atoms with Crippen LogP contribution in [0.25, 0.3) is 0 Å². The number of piperidine rings is 1. The molecule has 1 aromatic heterocycles. The van der Waals surface area contributed by atoms with Gasteiger partial charge in [-0.1, -0.05) is 30.7 Å². The second kappa shape index (κ2) is 16.6. The molecule has 1 aliphatic carbocycles. The van der Waals surface area contributed by atoms with Crippen LogP contribution in [0, 0.1) is 23.7 Å². The summed E-state index contributed by atoms with van der Waals surface area (Å²) < 4.78 is 11.7. The molecule has 0 spiro atoms. The number of Topliss-reactive ketones (excluding diaryl/α,β-unsaturated/α-hetero) is 2. The number of aryl methyl sites for hydroxylation is 1. The van der Waals surface area contributed by atoms with Crippen LogP contribution in [-0.4, -0.2) is 64.6 Å². The molecule has 1 saturated carbocycles. The quantitative estimate of drug-likeness (QED) is 0.245. The van der Waals surface area contributed by atoms with Gasteiger partial charge >= 0.3 is 11.9 Å². The van der Waals surface area contributed by atoms with Gasteiger partial charge in [-0.05, 0) is 88.7 Å². The zero-order valence-electron chi connectivity index (χ0n) is 26.8. The molecule has 2 bridgehead atoms. The molecule has 0 radical (unpaired) electrons. The van der Waals surface area contributed by atoms with Crippen molar-refractivity contribution in [1.29, 1.82) is 0 Å². The van der Waals surface area contributed by atoms with Gasteiger partial charge in [-0.25, -0.2) is 4.79 Å². The Morgan fingerprint density at radius 1 is 1.02 bits per heavy atom. The molecule has 0 aromatic carbocycles. The first-order valence-electron chi connectivity index (χ1n) is 16.6. The Balaban J connectivity index is 1.58. The highest BCUT2D eigenvalue weighted by Gasteiger charge is 2.42. The number of aromatic nitrogens is 1. The maximum absolute atomic E-state index is 13.7. The normalized spacial score (nSPS) is 30.8. The van der Waals surface area contributed by atoms with E-state index in [1.807, 2.05) is 32.1 Å². The lowest BCUT2D eigenvalue weighted by atomic mass is 9.88. The van der Waals surface area contributed by atoms with Gasteiger partial charge in [0.2, 0.25) is 5.78 Å². The van der Waals surface area contributed by atoms with Crippen LogP contribution in [0.5, 0.6) is 0 Å². The molecule has 1 aromatic rings. The van der Waals surface area contributed by atoms with Crippen LogP contribution in [0.1, 0.15) is 90.0 Å². The van der Waals surface area contributed by atoms with Crippen LogP contribution in [0.15, 0.2) is 48.8 Å². The number of ether oxygens (including phenoxy) is 2. The molecule has 1 saturated heterocycles. The maximum atomic E-state index is 13.7. The van der Waals surface area contributed by atoms with Gasteiger partial charge in [0.05, 0.1) is 12.5 Å². The van der Waals surface area contributed by atoms with Gasteiger partial charge in [0, 0.05) is 43.6 Å². The minimum atomic E-state index is -0.841. The van der Waals surface area contributed by atoms with E-state index in [1.165, 1.54) is 4.90 Å². The molecule has 1 amide bonds. The average Bonchev–Trinajstić information content (AvgIpc) is 3.55. The number of nitrogens with zero attached hydrogens (tertiary/aromatic N) is 2. The first kappa shape index (κ1) is 34.3. The Labute approximate surface area is 266 Å². The van der Waals surface area contributed by atoms with Crippen molar-refractivity contribution < 1.29 is 33.4 Å². The highest BCUT2D eigenvalue weighted by atomic mass is 16.5. The van der Waals surface area contributed by atoms with Crippen molar-refractivity contribution in [2.75, 3.05) is 13.2 Å². The third-order valence-corrected chi connectivity index (χ3v) is 9.63. The molecule has 0 N–H and O–H groups in total. The molecule has 45 heavy (non-hydrogen) atoms. The first-order chi connectivity index (χ1) is 21.7. The maximum Gasteiger partial charge on any atom is 0.329 e. The highest BCUT2D eigenvalue weighted by molar-refractivity contribution is 6.37. The van der Waals surface area contributed by atoms with Crippen molar-refractivity contribution in [3.8, 4) is 0 Å². The zero-order valence-corrected chi connectivity index (χ0v) is 26.8. The van der Waals surface area contributed by atoms with Gasteiger partial charge in [0.1, 0.15) is 17.9 Å². The fourth-order valence-corrected chi connectivity index (χ4v) is 6.78. The van der Waals surface area contributed by atoms with Crippen molar-refractivity contribution >= 4 is 29.4 Å². The van der Waals surface area contributed by atoms with Gasteiger partial charge in [-0.15, -0.1) is 6.58 Å². The minimum Gasteiger partial charge on any atom is -0.465 e. The molecule has 9 heteroatoms. The van der Waals surface area contributed by atoms with Crippen molar-refractivity contribution in [1.82, 2.24) is 9.88 Å². The molecule has 4 unspecified atom stereocenters. The molecule has 4 rings (SSSR count). The van der Waals surface area contributed by atoms with Gasteiger partial charge in [-0.3, -0.25) is 24.2 Å². The molecule has 3 heterocycles. The van der Waals surface area contributed by atoms with Crippen LogP contribution in [0.4, 0.5) is 0 Å². The lowest BCUT2D eigenvalue weighted by molar-refractivity contribution is -0.165. The third kappa shape index (κ3) is 9.44. The largest absolute Gasteiger partial charge is 0.465 e. The number of cyclic esters (lactones) is 2. The Kier molecular flexibility index (Phi) is 12.7. The monoisotopic (exact) mass is 620 g/mol. The zero-order chi connectivity index (χ0) is 32.3. The fraction of sp³-hybridized carbons (Fsp3) is 0.611. The number of amides is 1. The van der Waals surface area contributed by atoms with Crippen LogP contribution >= 0.6 is 0 Å². The summed E-state index contributed by atoms with van der Waals surface area (Å²) in [6.07, 6.45) is 12.8. The molecule has 2 aliphatic heterocycles. The fourth-order valence-electron chi connectivity index (χ4n) is 6.78. The van der Waals surface area contributed by atoms with E-state index < -0.39 is 41.6 Å². The summed E-state index contributed by atoms with van der Waals surface area (Å²) in [6.45, 7) is 8.25. The number of hydrogen-bond acceptors (Lipinski definition) is 8. The summed E-state index contributed by atoms with van der Waals surface area (Å²) in [5, 5.41) is 0. The second-order valence-corrected chi connectivity index (χ2v) is 13.0. The summed E-state index contributed by atoms with van der Waals surface area (Å²) in [5.41, 5.74) is 1.97. The number of allylic oxidation sites excluding steroid dienone is 2. The Morgan fingerprint density at radius 2 is 1.82 bits per heavy atom. The first-order valence-corrected chi connectivity index (χ1v) is 16.6. The summed E-state index contributed by atoms with van der Waals surface area (Å²) in [4.78, 5) is 72.4. The minimum absolute atomic E-state index is 0.0842. The molecular formula is C36H48N2O7. The van der Waals surface area contributed by atoms with Crippen molar-refractivity contribution in [3.05, 3.63) is 54.4 Å². The number of ketones is 2. The van der Waals surface area contributed by atoms with Gasteiger partial charge < -0.3 is 14.4 Å². The number of rotatable bonds is 5. The number of pyridine rings is 1. The molecule has 9 nitrogen and oxygen atoms in total. The number of hydrogen-bond donors (Lipinski definition) is 0. The Hall–Kier alpha value is -3.62. The second-order valence-electron chi connectivity index (χ2n) is 13.0. The van der Waals surface area contributed by atoms with E-state index in [9.17, 15) is 24.0 Å². The summed E-state index contributed by atoms with van der Waals surface area (Å²) >= 11 is 0. The van der Waals surface area contributed by atoms with Crippen LogP contribution in [0.3, 0.4) is 0 Å². The van der Waals surface area contributed by atoms with Gasteiger partial charge in [0.25, 0.3) is 5.91 Å². The topological polar surface area (TPSA) is 120 Å². The molecule has 2 fully saturated rings. The van der Waals surface area contributed by atoms with Crippen LogP contribution < -0.4 is 0 Å². The number of carbonyl (C=O) groups excluding carboxylic acids is 5. The molecule has 6 atom stereocenters. The SMILES string of the molecule is C=CCC1/C=C(\C)CCOC(=O)C2CC[C@H](C2)C(=O)C(=O)N2CCCC[C@H]2C(=O)OC(CCc2cccnc2)C(C)CCC1=O. The van der Waals surface area contributed by atoms with Gasteiger partial charge in [-0.2, -0.15) is 0 Å². The molecule has 244 valence electrons.